The number of hydrogen-bond acceptors (Lipinski definition) is 4. The number of ether oxygens (including phenoxy) is 1. The number of aldehydes is 1. The summed E-state index contributed by atoms with van der Waals surface area (Å²) in [6.07, 6.45) is 3.98. The summed E-state index contributed by atoms with van der Waals surface area (Å²) in [4.78, 5) is 25.4. The van der Waals surface area contributed by atoms with E-state index in [1.165, 1.54) is 16.7 Å². The highest BCUT2D eigenvalue weighted by molar-refractivity contribution is 6.31. The summed E-state index contributed by atoms with van der Waals surface area (Å²) in [5, 5.41) is 0.406. The number of fused-ring (bicyclic) bond motifs is 1. The Morgan fingerprint density at radius 1 is 1.26 bits per heavy atom. The van der Waals surface area contributed by atoms with Gasteiger partial charge < -0.3 is 18.7 Å². The number of methoxy groups -OCH3 is 1. The number of alkyl halides is 1. The summed E-state index contributed by atoms with van der Waals surface area (Å²) in [6, 6.07) is 6.03. The molecular formula is C22H24ClF2N3O3. The van der Waals surface area contributed by atoms with Crippen molar-refractivity contribution in [2.24, 2.45) is 0 Å². The molecule has 1 aromatic carbocycles. The average Bonchev–Trinajstić information content (AvgIpc) is 3.05. The third kappa shape index (κ3) is 5.03. The van der Waals surface area contributed by atoms with Crippen LogP contribution in [0.15, 0.2) is 41.5 Å². The molecule has 1 saturated heterocycles. The zero-order valence-electron chi connectivity index (χ0n) is 17.6. The lowest BCUT2D eigenvalue weighted by Gasteiger charge is -2.39. The molecule has 3 heterocycles. The number of hydrogen-bond donors (Lipinski definition) is 0. The van der Waals surface area contributed by atoms with Gasteiger partial charge in [0, 0.05) is 38.2 Å². The Morgan fingerprint density at radius 2 is 1.97 bits per heavy atom. The Hall–Kier alpha value is -2.55. The van der Waals surface area contributed by atoms with E-state index in [0.717, 1.165) is 0 Å². The van der Waals surface area contributed by atoms with Crippen molar-refractivity contribution < 1.29 is 18.3 Å². The lowest BCUT2D eigenvalue weighted by molar-refractivity contribution is -0.108. The van der Waals surface area contributed by atoms with Crippen LogP contribution in [0.5, 0.6) is 0 Å². The van der Waals surface area contributed by atoms with Crippen LogP contribution in [0.25, 0.3) is 22.0 Å². The van der Waals surface area contributed by atoms with E-state index in [-0.39, 0.29) is 23.9 Å². The number of carbonyl (C=O) groups excluding carboxylic acids is 1. The van der Waals surface area contributed by atoms with E-state index in [9.17, 15) is 18.4 Å². The topological polar surface area (TPSA) is 56.5 Å². The van der Waals surface area contributed by atoms with Gasteiger partial charge in [-0.25, -0.2) is 8.78 Å². The number of halogens is 3. The molecular weight excluding hydrogens is 428 g/mol. The molecule has 0 bridgehead atoms. The molecule has 1 aliphatic rings. The molecule has 0 radical (unpaired) electrons. The predicted octanol–water partition coefficient (Wildman–Crippen LogP) is 3.73. The van der Waals surface area contributed by atoms with Gasteiger partial charge in [0.05, 0.1) is 22.5 Å². The number of likely N-dealkylation sites (tertiary alicyclic amines) is 1. The molecule has 0 saturated carbocycles. The molecule has 0 spiro atoms. The van der Waals surface area contributed by atoms with Crippen molar-refractivity contribution in [3.63, 3.8) is 0 Å². The van der Waals surface area contributed by atoms with E-state index in [1.54, 1.807) is 43.1 Å². The minimum Gasteiger partial charge on any atom is -0.364 e. The summed E-state index contributed by atoms with van der Waals surface area (Å²) >= 11 is 5.87. The first kappa shape index (κ1) is 23.1. The summed E-state index contributed by atoms with van der Waals surface area (Å²) in [6.45, 7) is 3.06. The summed E-state index contributed by atoms with van der Waals surface area (Å²) in [5.41, 5.74) is 0.704. The van der Waals surface area contributed by atoms with Crippen LogP contribution in [0.1, 0.15) is 6.92 Å². The third-order valence-corrected chi connectivity index (χ3v) is 5.27. The SMILES string of the molecule is CN1CC(C)(F)C1.COCn1cc(-c2ccc(F)c(Cl)c2)c2c(=O)n(CC=O)ccc21. The largest absolute Gasteiger partial charge is 0.364 e. The van der Waals surface area contributed by atoms with E-state index in [1.807, 2.05) is 11.9 Å². The number of rotatable bonds is 5. The zero-order chi connectivity index (χ0) is 22.8. The van der Waals surface area contributed by atoms with Crippen molar-refractivity contribution in [3.05, 3.63) is 57.9 Å². The monoisotopic (exact) mass is 451 g/mol. The van der Waals surface area contributed by atoms with Crippen molar-refractivity contribution >= 4 is 28.8 Å². The Kier molecular flexibility index (Phi) is 6.93. The molecule has 0 N–H and O–H groups in total. The van der Waals surface area contributed by atoms with Gasteiger partial charge in [0.25, 0.3) is 5.56 Å². The van der Waals surface area contributed by atoms with Crippen LogP contribution in [-0.2, 0) is 22.8 Å². The molecule has 2 aromatic heterocycles. The van der Waals surface area contributed by atoms with Gasteiger partial charge >= 0.3 is 0 Å². The Labute approximate surface area is 183 Å². The predicted molar refractivity (Wildman–Crippen MR) is 117 cm³/mol. The number of nitrogens with zero attached hydrogens (tertiary/aromatic N) is 3. The van der Waals surface area contributed by atoms with Gasteiger partial charge in [0.2, 0.25) is 0 Å². The van der Waals surface area contributed by atoms with Crippen LogP contribution >= 0.6 is 11.6 Å². The fourth-order valence-electron chi connectivity index (χ4n) is 3.78. The average molecular weight is 452 g/mol. The second-order valence-corrected chi connectivity index (χ2v) is 8.25. The lowest BCUT2D eigenvalue weighted by atomic mass is 10.0. The van der Waals surface area contributed by atoms with Gasteiger partial charge in [0.15, 0.2) is 0 Å². The van der Waals surface area contributed by atoms with E-state index in [0.29, 0.717) is 41.4 Å². The van der Waals surface area contributed by atoms with E-state index >= 15 is 0 Å². The van der Waals surface area contributed by atoms with E-state index in [4.69, 9.17) is 16.3 Å². The maximum absolute atomic E-state index is 13.4. The first-order chi connectivity index (χ1) is 14.7. The van der Waals surface area contributed by atoms with Crippen LogP contribution in [0.2, 0.25) is 5.02 Å². The van der Waals surface area contributed by atoms with Gasteiger partial charge in [0.1, 0.15) is 24.5 Å². The quantitative estimate of drug-likeness (QED) is 0.555. The molecule has 1 aliphatic heterocycles. The smallest absolute Gasteiger partial charge is 0.261 e. The van der Waals surface area contributed by atoms with Gasteiger partial charge in [-0.2, -0.15) is 0 Å². The summed E-state index contributed by atoms with van der Waals surface area (Å²) < 4.78 is 34.1. The Bertz CT molecular complexity index is 1150. The third-order valence-electron chi connectivity index (χ3n) is 4.98. The van der Waals surface area contributed by atoms with Crippen molar-refractivity contribution in [2.75, 3.05) is 27.2 Å². The minimum absolute atomic E-state index is 0.0238. The number of aromatic nitrogens is 2. The highest BCUT2D eigenvalue weighted by atomic mass is 35.5. The fraction of sp³-hybridized carbons (Fsp3) is 0.364. The molecule has 6 nitrogen and oxygen atoms in total. The molecule has 0 unspecified atom stereocenters. The van der Waals surface area contributed by atoms with Gasteiger partial charge in [-0.3, -0.25) is 9.69 Å². The normalized spacial score (nSPS) is 15.3. The molecule has 9 heteroatoms. The second kappa shape index (κ2) is 9.30. The first-order valence-electron chi connectivity index (χ1n) is 9.64. The molecule has 3 aromatic rings. The van der Waals surface area contributed by atoms with E-state index in [2.05, 4.69) is 0 Å². The van der Waals surface area contributed by atoms with Crippen LogP contribution in [0.4, 0.5) is 8.78 Å². The first-order valence-corrected chi connectivity index (χ1v) is 10.0. The van der Waals surface area contributed by atoms with Gasteiger partial charge in [-0.15, -0.1) is 0 Å². The van der Waals surface area contributed by atoms with Crippen LogP contribution < -0.4 is 5.56 Å². The lowest BCUT2D eigenvalue weighted by Crippen LogP contribution is -2.54. The molecule has 166 valence electrons. The standard InChI is InChI=1S/C17H14ClFN2O3.C5H10FN/c1-24-10-21-9-12(11-2-3-14(19)13(18)8-11)16-15(21)4-5-20(6-7-22)17(16)23;1-5(6)3-7(2)4-5/h2-5,7-9H,6,10H2,1H3;3-4H2,1-2H3. The van der Waals surface area contributed by atoms with Gasteiger partial charge in [-0.1, -0.05) is 17.7 Å². The summed E-state index contributed by atoms with van der Waals surface area (Å²) in [5.74, 6) is -0.528. The van der Waals surface area contributed by atoms with Crippen LogP contribution in [0.3, 0.4) is 0 Å². The number of pyridine rings is 1. The molecule has 1 fully saturated rings. The Balaban J connectivity index is 0.000000330. The fourth-order valence-corrected chi connectivity index (χ4v) is 3.96. The number of benzene rings is 1. The number of carbonyl (C=O) groups is 1. The summed E-state index contributed by atoms with van der Waals surface area (Å²) in [7, 11) is 3.47. The molecule has 0 aliphatic carbocycles. The second-order valence-electron chi connectivity index (χ2n) is 7.85. The minimum atomic E-state index is -0.880. The van der Waals surface area contributed by atoms with E-state index < -0.39 is 11.5 Å². The van der Waals surface area contributed by atoms with Crippen LogP contribution in [-0.4, -0.2) is 53.2 Å². The highest BCUT2D eigenvalue weighted by Crippen LogP contribution is 2.31. The molecule has 4 rings (SSSR count). The zero-order valence-corrected chi connectivity index (χ0v) is 18.3. The molecule has 0 atom stereocenters. The van der Waals surface area contributed by atoms with Crippen molar-refractivity contribution in [1.29, 1.82) is 0 Å². The van der Waals surface area contributed by atoms with Crippen molar-refractivity contribution in [1.82, 2.24) is 14.0 Å². The maximum Gasteiger partial charge on any atom is 0.261 e. The molecule has 31 heavy (non-hydrogen) atoms. The van der Waals surface area contributed by atoms with Crippen LogP contribution in [0, 0.1) is 5.82 Å². The highest BCUT2D eigenvalue weighted by Gasteiger charge is 2.35. The van der Waals surface area contributed by atoms with Crippen molar-refractivity contribution in [3.8, 4) is 11.1 Å². The maximum atomic E-state index is 13.4. The Morgan fingerprint density at radius 3 is 2.48 bits per heavy atom. The molecule has 0 amide bonds. The van der Waals surface area contributed by atoms with Crippen molar-refractivity contribution in [2.45, 2.75) is 25.9 Å². The van der Waals surface area contributed by atoms with Gasteiger partial charge in [-0.05, 0) is 37.7 Å².